The lowest BCUT2D eigenvalue weighted by atomic mass is 10.1. The fourth-order valence-electron chi connectivity index (χ4n) is 2.89. The SMILES string of the molecule is CCN1CCN(c2ccc(C)c(-c3ccc(Br)cc3)n2)CC1. The summed E-state index contributed by atoms with van der Waals surface area (Å²) in [6, 6.07) is 12.7. The molecule has 1 aliphatic rings. The molecule has 3 nitrogen and oxygen atoms in total. The number of piperazine rings is 1. The van der Waals surface area contributed by atoms with Crippen LogP contribution in [0.3, 0.4) is 0 Å². The molecule has 0 spiro atoms. The van der Waals surface area contributed by atoms with Crippen LogP contribution in [0.15, 0.2) is 40.9 Å². The number of likely N-dealkylation sites (N-methyl/N-ethyl adjacent to an activating group) is 1. The largest absolute Gasteiger partial charge is 0.354 e. The molecule has 4 heteroatoms. The minimum absolute atomic E-state index is 1.06. The van der Waals surface area contributed by atoms with Gasteiger partial charge < -0.3 is 9.80 Å². The average molecular weight is 360 g/mol. The zero-order valence-electron chi connectivity index (χ0n) is 13.2. The lowest BCUT2D eigenvalue weighted by Gasteiger charge is -2.35. The Bertz CT molecular complexity index is 631. The predicted molar refractivity (Wildman–Crippen MR) is 96.4 cm³/mol. The maximum absolute atomic E-state index is 4.94. The number of rotatable bonds is 3. The van der Waals surface area contributed by atoms with Crippen LogP contribution in [0.4, 0.5) is 5.82 Å². The standard InChI is InChI=1S/C18H22BrN3/c1-3-21-10-12-22(13-11-21)17-9-4-14(2)18(20-17)15-5-7-16(19)8-6-15/h4-9H,3,10-13H2,1-2H3. The first-order chi connectivity index (χ1) is 10.7. The van der Waals surface area contributed by atoms with Crippen LogP contribution < -0.4 is 4.90 Å². The smallest absolute Gasteiger partial charge is 0.129 e. The number of benzene rings is 1. The van der Waals surface area contributed by atoms with Gasteiger partial charge in [0.2, 0.25) is 0 Å². The second-order valence-corrected chi connectivity index (χ2v) is 6.68. The molecule has 1 aliphatic heterocycles. The highest BCUT2D eigenvalue weighted by Crippen LogP contribution is 2.26. The summed E-state index contributed by atoms with van der Waals surface area (Å²) in [7, 11) is 0. The van der Waals surface area contributed by atoms with E-state index in [1.165, 1.54) is 11.1 Å². The molecule has 0 radical (unpaired) electrons. The van der Waals surface area contributed by atoms with Crippen LogP contribution in [-0.2, 0) is 0 Å². The van der Waals surface area contributed by atoms with E-state index in [-0.39, 0.29) is 0 Å². The van der Waals surface area contributed by atoms with Crippen LogP contribution in [0.2, 0.25) is 0 Å². The molecule has 0 saturated carbocycles. The van der Waals surface area contributed by atoms with E-state index < -0.39 is 0 Å². The zero-order chi connectivity index (χ0) is 15.5. The van der Waals surface area contributed by atoms with Gasteiger partial charge in [0.15, 0.2) is 0 Å². The molecule has 0 aliphatic carbocycles. The summed E-state index contributed by atoms with van der Waals surface area (Å²) in [6.45, 7) is 9.86. The van der Waals surface area contributed by atoms with Gasteiger partial charge in [0, 0.05) is 36.2 Å². The second-order valence-electron chi connectivity index (χ2n) is 5.76. The van der Waals surface area contributed by atoms with Gasteiger partial charge in [-0.3, -0.25) is 0 Å². The molecule has 2 heterocycles. The Morgan fingerprint density at radius 2 is 1.68 bits per heavy atom. The predicted octanol–water partition coefficient (Wildman–Crippen LogP) is 3.96. The quantitative estimate of drug-likeness (QED) is 0.826. The Hall–Kier alpha value is -1.39. The number of aryl methyl sites for hydroxylation is 1. The lowest BCUT2D eigenvalue weighted by molar-refractivity contribution is 0.270. The van der Waals surface area contributed by atoms with Crippen LogP contribution in [0, 0.1) is 6.92 Å². The van der Waals surface area contributed by atoms with E-state index in [1.54, 1.807) is 0 Å². The minimum Gasteiger partial charge on any atom is -0.354 e. The third-order valence-corrected chi connectivity index (χ3v) is 4.87. The number of aromatic nitrogens is 1. The molecular weight excluding hydrogens is 338 g/mol. The molecular formula is C18H22BrN3. The summed E-state index contributed by atoms with van der Waals surface area (Å²) in [5.41, 5.74) is 3.48. The molecule has 1 saturated heterocycles. The maximum atomic E-state index is 4.94. The third kappa shape index (κ3) is 3.33. The zero-order valence-corrected chi connectivity index (χ0v) is 14.8. The topological polar surface area (TPSA) is 19.4 Å². The van der Waals surface area contributed by atoms with Gasteiger partial charge in [0.05, 0.1) is 5.69 Å². The van der Waals surface area contributed by atoms with Crippen molar-refractivity contribution < 1.29 is 0 Å². The summed E-state index contributed by atoms with van der Waals surface area (Å²) in [5, 5.41) is 0. The average Bonchev–Trinajstić information content (AvgIpc) is 2.56. The third-order valence-electron chi connectivity index (χ3n) is 4.34. The number of halogens is 1. The van der Waals surface area contributed by atoms with E-state index in [2.05, 4.69) is 76.0 Å². The van der Waals surface area contributed by atoms with E-state index in [0.29, 0.717) is 0 Å². The van der Waals surface area contributed by atoms with Crippen molar-refractivity contribution in [3.63, 3.8) is 0 Å². The fraction of sp³-hybridized carbons (Fsp3) is 0.389. The molecule has 1 aromatic heterocycles. The van der Waals surface area contributed by atoms with E-state index in [4.69, 9.17) is 4.98 Å². The van der Waals surface area contributed by atoms with Crippen molar-refractivity contribution in [3.8, 4) is 11.3 Å². The van der Waals surface area contributed by atoms with Crippen molar-refractivity contribution in [1.29, 1.82) is 0 Å². The van der Waals surface area contributed by atoms with Crippen LogP contribution in [0.25, 0.3) is 11.3 Å². The molecule has 0 bridgehead atoms. The van der Waals surface area contributed by atoms with Gasteiger partial charge in [-0.1, -0.05) is 41.1 Å². The number of nitrogens with zero attached hydrogens (tertiary/aromatic N) is 3. The number of pyridine rings is 1. The van der Waals surface area contributed by atoms with E-state index in [9.17, 15) is 0 Å². The molecule has 1 fully saturated rings. The van der Waals surface area contributed by atoms with E-state index in [1.807, 2.05) is 0 Å². The Balaban J connectivity index is 1.85. The van der Waals surface area contributed by atoms with Crippen LogP contribution >= 0.6 is 15.9 Å². The Kier molecular flexibility index (Phi) is 4.79. The molecule has 2 aromatic rings. The second kappa shape index (κ2) is 6.80. The highest BCUT2D eigenvalue weighted by atomic mass is 79.9. The number of anilines is 1. The highest BCUT2D eigenvalue weighted by molar-refractivity contribution is 9.10. The summed E-state index contributed by atoms with van der Waals surface area (Å²) in [5.74, 6) is 1.10. The van der Waals surface area contributed by atoms with Gasteiger partial charge in [0.1, 0.15) is 5.82 Å². The molecule has 22 heavy (non-hydrogen) atoms. The van der Waals surface area contributed by atoms with Gasteiger partial charge >= 0.3 is 0 Å². The maximum Gasteiger partial charge on any atom is 0.129 e. The first-order valence-electron chi connectivity index (χ1n) is 7.88. The Morgan fingerprint density at radius 3 is 2.32 bits per heavy atom. The monoisotopic (exact) mass is 359 g/mol. The molecule has 3 rings (SSSR count). The van der Waals surface area contributed by atoms with Crippen molar-refractivity contribution in [3.05, 3.63) is 46.4 Å². The molecule has 0 unspecified atom stereocenters. The molecule has 0 amide bonds. The van der Waals surface area contributed by atoms with Crippen molar-refractivity contribution >= 4 is 21.7 Å². The number of hydrogen-bond acceptors (Lipinski definition) is 3. The lowest BCUT2D eigenvalue weighted by Crippen LogP contribution is -2.46. The van der Waals surface area contributed by atoms with E-state index >= 15 is 0 Å². The summed E-state index contributed by atoms with van der Waals surface area (Å²) >= 11 is 3.49. The normalized spacial score (nSPS) is 16.0. The van der Waals surface area contributed by atoms with Crippen LogP contribution in [-0.4, -0.2) is 42.6 Å². The van der Waals surface area contributed by atoms with Gasteiger partial charge in [-0.05, 0) is 37.2 Å². The number of hydrogen-bond donors (Lipinski definition) is 0. The summed E-state index contributed by atoms with van der Waals surface area (Å²) in [6.07, 6.45) is 0. The van der Waals surface area contributed by atoms with Crippen molar-refractivity contribution in [2.75, 3.05) is 37.6 Å². The summed E-state index contributed by atoms with van der Waals surface area (Å²) < 4.78 is 1.10. The molecule has 0 N–H and O–H groups in total. The van der Waals surface area contributed by atoms with Gasteiger partial charge in [-0.2, -0.15) is 0 Å². The fourth-order valence-corrected chi connectivity index (χ4v) is 3.15. The first-order valence-corrected chi connectivity index (χ1v) is 8.67. The van der Waals surface area contributed by atoms with E-state index in [0.717, 1.165) is 48.7 Å². The molecule has 0 atom stereocenters. The van der Waals surface area contributed by atoms with Crippen molar-refractivity contribution in [2.45, 2.75) is 13.8 Å². The Labute approximate surface area is 141 Å². The molecule has 116 valence electrons. The Morgan fingerprint density at radius 1 is 1.00 bits per heavy atom. The van der Waals surface area contributed by atoms with Crippen molar-refractivity contribution in [1.82, 2.24) is 9.88 Å². The summed E-state index contributed by atoms with van der Waals surface area (Å²) in [4.78, 5) is 9.82. The minimum atomic E-state index is 1.06. The van der Waals surface area contributed by atoms with Gasteiger partial charge in [-0.25, -0.2) is 4.98 Å². The molecule has 1 aromatic carbocycles. The van der Waals surface area contributed by atoms with Crippen molar-refractivity contribution in [2.24, 2.45) is 0 Å². The van der Waals surface area contributed by atoms with Crippen LogP contribution in [0.5, 0.6) is 0 Å². The van der Waals surface area contributed by atoms with Crippen LogP contribution in [0.1, 0.15) is 12.5 Å². The highest BCUT2D eigenvalue weighted by Gasteiger charge is 2.17. The van der Waals surface area contributed by atoms with Gasteiger partial charge in [-0.15, -0.1) is 0 Å². The first kappa shape index (κ1) is 15.5. The van der Waals surface area contributed by atoms with Gasteiger partial charge in [0.25, 0.3) is 0 Å².